The maximum atomic E-state index is 12.7. The number of pyridine rings is 1. The molecule has 1 fully saturated rings. The molecular weight excluding hydrogens is 334 g/mol. The van der Waals surface area contributed by atoms with Crippen molar-refractivity contribution in [3.8, 4) is 0 Å². The predicted octanol–water partition coefficient (Wildman–Crippen LogP) is 1.61. The molecule has 1 saturated heterocycles. The summed E-state index contributed by atoms with van der Waals surface area (Å²) in [6.45, 7) is 6.11. The van der Waals surface area contributed by atoms with Crippen LogP contribution in [0, 0.1) is 6.92 Å². The van der Waals surface area contributed by atoms with Crippen molar-refractivity contribution in [2.75, 3.05) is 32.8 Å². The average Bonchev–Trinajstić information content (AvgIpc) is 2.64. The van der Waals surface area contributed by atoms with Crippen molar-refractivity contribution in [3.63, 3.8) is 0 Å². The largest absolute Gasteiger partial charge is 0.450 e. The lowest BCUT2D eigenvalue weighted by atomic mass is 10.1. The lowest BCUT2D eigenvalue weighted by Crippen LogP contribution is -2.51. The van der Waals surface area contributed by atoms with Crippen molar-refractivity contribution in [3.05, 3.63) is 46.2 Å². The van der Waals surface area contributed by atoms with Crippen LogP contribution >= 0.6 is 0 Å². The topological polar surface area (TPSA) is 71.8 Å². The van der Waals surface area contributed by atoms with E-state index in [1.54, 1.807) is 27.5 Å². The van der Waals surface area contributed by atoms with Gasteiger partial charge < -0.3 is 19.1 Å². The molecule has 3 rings (SSSR count). The number of rotatable bonds is 3. The minimum absolute atomic E-state index is 0.0287. The van der Waals surface area contributed by atoms with Gasteiger partial charge in [-0.05, 0) is 26.0 Å². The molecule has 1 aromatic carbocycles. The highest BCUT2D eigenvalue weighted by Crippen LogP contribution is 2.13. The molecule has 0 saturated carbocycles. The minimum Gasteiger partial charge on any atom is -0.450 e. The highest BCUT2D eigenvalue weighted by atomic mass is 16.6. The summed E-state index contributed by atoms with van der Waals surface area (Å²) in [5, 5.41) is 0.618. The Labute approximate surface area is 151 Å². The smallest absolute Gasteiger partial charge is 0.409 e. The van der Waals surface area contributed by atoms with Gasteiger partial charge in [-0.3, -0.25) is 9.59 Å². The van der Waals surface area contributed by atoms with Gasteiger partial charge in [0.15, 0.2) is 5.43 Å². The van der Waals surface area contributed by atoms with Gasteiger partial charge in [0.25, 0.3) is 0 Å². The van der Waals surface area contributed by atoms with Gasteiger partial charge in [0.2, 0.25) is 5.91 Å². The van der Waals surface area contributed by atoms with Crippen molar-refractivity contribution in [1.82, 2.24) is 14.4 Å². The molecule has 0 atom stereocenters. The molecule has 7 heteroatoms. The van der Waals surface area contributed by atoms with E-state index >= 15 is 0 Å². The number of hydrogen-bond donors (Lipinski definition) is 0. The Balaban J connectivity index is 1.70. The van der Waals surface area contributed by atoms with Crippen LogP contribution in [0.15, 0.2) is 35.3 Å². The standard InChI is InChI=1S/C19H23N3O4/c1-3-26-19(25)21-10-8-20(9-11-21)18(24)13-22-7-6-17(23)15-12-14(2)4-5-16(15)22/h4-7,12H,3,8-11,13H2,1-2H3. The highest BCUT2D eigenvalue weighted by molar-refractivity contribution is 5.83. The molecule has 1 aliphatic rings. The second-order valence-corrected chi connectivity index (χ2v) is 6.40. The molecule has 0 N–H and O–H groups in total. The molecule has 0 unspecified atom stereocenters. The van der Waals surface area contributed by atoms with E-state index in [9.17, 15) is 14.4 Å². The number of piperazine rings is 1. The zero-order valence-corrected chi connectivity index (χ0v) is 15.1. The molecule has 2 amide bonds. The summed E-state index contributed by atoms with van der Waals surface area (Å²) < 4.78 is 6.79. The third-order valence-corrected chi connectivity index (χ3v) is 4.60. The number of nitrogens with zero attached hydrogens (tertiary/aromatic N) is 3. The first-order valence-corrected chi connectivity index (χ1v) is 8.79. The van der Waals surface area contributed by atoms with Crippen molar-refractivity contribution in [2.45, 2.75) is 20.4 Å². The number of aryl methyl sites for hydroxylation is 1. The van der Waals surface area contributed by atoms with Gasteiger partial charge in [-0.1, -0.05) is 11.6 Å². The summed E-state index contributed by atoms with van der Waals surface area (Å²) in [5.41, 5.74) is 1.71. The summed E-state index contributed by atoms with van der Waals surface area (Å²) in [4.78, 5) is 39.8. The van der Waals surface area contributed by atoms with Crippen LogP contribution < -0.4 is 5.43 Å². The Morgan fingerprint density at radius 3 is 2.46 bits per heavy atom. The molecule has 7 nitrogen and oxygen atoms in total. The van der Waals surface area contributed by atoms with Crippen molar-refractivity contribution >= 4 is 22.9 Å². The fourth-order valence-corrected chi connectivity index (χ4v) is 3.16. The SMILES string of the molecule is CCOC(=O)N1CCN(C(=O)Cn2ccc(=O)c3cc(C)ccc32)CC1. The zero-order chi connectivity index (χ0) is 18.7. The predicted molar refractivity (Wildman–Crippen MR) is 98.1 cm³/mol. The van der Waals surface area contributed by atoms with E-state index in [1.807, 2.05) is 25.1 Å². The molecular formula is C19H23N3O4. The fraction of sp³-hybridized carbons (Fsp3) is 0.421. The van der Waals surface area contributed by atoms with Gasteiger partial charge in [-0.25, -0.2) is 4.79 Å². The van der Waals surface area contributed by atoms with Crippen LogP contribution in [-0.4, -0.2) is 59.2 Å². The number of ether oxygens (including phenoxy) is 1. The van der Waals surface area contributed by atoms with Gasteiger partial charge in [0.1, 0.15) is 6.54 Å². The van der Waals surface area contributed by atoms with E-state index in [4.69, 9.17) is 4.74 Å². The van der Waals surface area contributed by atoms with Crippen LogP contribution in [0.2, 0.25) is 0 Å². The van der Waals surface area contributed by atoms with E-state index < -0.39 is 0 Å². The van der Waals surface area contributed by atoms with E-state index in [0.717, 1.165) is 11.1 Å². The molecule has 2 heterocycles. The average molecular weight is 357 g/mol. The monoisotopic (exact) mass is 357 g/mol. The molecule has 0 aliphatic carbocycles. The molecule has 138 valence electrons. The van der Waals surface area contributed by atoms with Crippen LogP contribution in [0.3, 0.4) is 0 Å². The third-order valence-electron chi connectivity index (χ3n) is 4.60. The number of benzene rings is 1. The summed E-state index contributed by atoms with van der Waals surface area (Å²) in [6.07, 6.45) is 1.33. The van der Waals surface area contributed by atoms with Gasteiger partial charge in [-0.2, -0.15) is 0 Å². The fourth-order valence-electron chi connectivity index (χ4n) is 3.16. The van der Waals surface area contributed by atoms with E-state index in [-0.39, 0.29) is 24.0 Å². The molecule has 2 aromatic rings. The molecule has 0 spiro atoms. The highest BCUT2D eigenvalue weighted by Gasteiger charge is 2.25. The summed E-state index contributed by atoms with van der Waals surface area (Å²) in [6, 6.07) is 7.14. The Hall–Kier alpha value is -2.83. The van der Waals surface area contributed by atoms with Gasteiger partial charge in [0.05, 0.1) is 12.1 Å². The van der Waals surface area contributed by atoms with Crippen LogP contribution in [0.1, 0.15) is 12.5 Å². The number of amides is 2. The van der Waals surface area contributed by atoms with Crippen molar-refractivity contribution in [1.29, 1.82) is 0 Å². The van der Waals surface area contributed by atoms with E-state index in [0.29, 0.717) is 38.2 Å². The number of fused-ring (bicyclic) bond motifs is 1. The third kappa shape index (κ3) is 3.71. The Morgan fingerprint density at radius 2 is 1.77 bits per heavy atom. The number of hydrogen-bond acceptors (Lipinski definition) is 4. The van der Waals surface area contributed by atoms with Crippen molar-refractivity contribution in [2.24, 2.45) is 0 Å². The molecule has 0 radical (unpaired) electrons. The molecule has 26 heavy (non-hydrogen) atoms. The summed E-state index contributed by atoms with van der Waals surface area (Å²) >= 11 is 0. The van der Waals surface area contributed by atoms with Crippen LogP contribution in [0.25, 0.3) is 10.9 Å². The maximum Gasteiger partial charge on any atom is 0.409 e. The lowest BCUT2D eigenvalue weighted by Gasteiger charge is -2.34. The minimum atomic E-state index is -0.332. The Bertz CT molecular complexity index is 882. The van der Waals surface area contributed by atoms with Crippen molar-refractivity contribution < 1.29 is 14.3 Å². The second kappa shape index (κ2) is 7.59. The van der Waals surface area contributed by atoms with Crippen LogP contribution in [0.5, 0.6) is 0 Å². The maximum absolute atomic E-state index is 12.7. The number of carbonyl (C=O) groups excluding carboxylic acids is 2. The molecule has 1 aliphatic heterocycles. The first-order valence-electron chi connectivity index (χ1n) is 8.79. The summed E-state index contributed by atoms with van der Waals surface area (Å²) in [7, 11) is 0. The van der Waals surface area contributed by atoms with Gasteiger partial charge in [0, 0.05) is 43.8 Å². The van der Waals surface area contributed by atoms with Crippen LogP contribution in [0.4, 0.5) is 4.79 Å². The lowest BCUT2D eigenvalue weighted by molar-refractivity contribution is -0.133. The molecule has 1 aromatic heterocycles. The van der Waals surface area contributed by atoms with Crippen LogP contribution in [-0.2, 0) is 16.1 Å². The first-order chi connectivity index (χ1) is 12.5. The summed E-state index contributed by atoms with van der Waals surface area (Å²) in [5.74, 6) is -0.0287. The van der Waals surface area contributed by atoms with E-state index in [1.165, 1.54) is 6.07 Å². The number of carbonyl (C=O) groups is 2. The first kappa shape index (κ1) is 18.0. The Kier molecular flexibility index (Phi) is 5.25. The normalized spacial score (nSPS) is 14.5. The second-order valence-electron chi connectivity index (χ2n) is 6.40. The Morgan fingerprint density at radius 1 is 1.08 bits per heavy atom. The van der Waals surface area contributed by atoms with Gasteiger partial charge in [-0.15, -0.1) is 0 Å². The van der Waals surface area contributed by atoms with Gasteiger partial charge >= 0.3 is 6.09 Å². The number of aromatic nitrogens is 1. The molecule has 0 bridgehead atoms. The van der Waals surface area contributed by atoms with E-state index in [2.05, 4.69) is 0 Å². The quantitative estimate of drug-likeness (QED) is 0.837. The zero-order valence-electron chi connectivity index (χ0n) is 15.1.